The van der Waals surface area contributed by atoms with Gasteiger partial charge in [0, 0.05) is 6.61 Å². The van der Waals surface area contributed by atoms with E-state index in [0.29, 0.717) is 6.54 Å². The fraction of sp³-hybridized carbons (Fsp3) is 0.538. The van der Waals surface area contributed by atoms with Gasteiger partial charge in [-0.05, 0) is 44.7 Å². The molecule has 1 aromatic rings. The summed E-state index contributed by atoms with van der Waals surface area (Å²) in [5.41, 5.74) is 9.50. The van der Waals surface area contributed by atoms with Crippen molar-refractivity contribution in [1.29, 1.82) is 0 Å². The minimum atomic E-state index is 0.196. The van der Waals surface area contributed by atoms with Gasteiger partial charge in [0.05, 0.1) is 0 Å². The monoisotopic (exact) mass is 207 g/mol. The minimum absolute atomic E-state index is 0.196. The van der Waals surface area contributed by atoms with Gasteiger partial charge in [0.25, 0.3) is 0 Å². The van der Waals surface area contributed by atoms with Gasteiger partial charge >= 0.3 is 0 Å². The van der Waals surface area contributed by atoms with E-state index in [-0.39, 0.29) is 12.5 Å². The highest BCUT2D eigenvalue weighted by molar-refractivity contribution is 5.28. The van der Waals surface area contributed by atoms with Crippen molar-refractivity contribution in [3.63, 3.8) is 0 Å². The SMILES string of the molecule is Cc1cc(C)cc(CCC(CN)CO)c1. The largest absolute Gasteiger partial charge is 0.396 e. The highest BCUT2D eigenvalue weighted by atomic mass is 16.3. The van der Waals surface area contributed by atoms with E-state index >= 15 is 0 Å². The summed E-state index contributed by atoms with van der Waals surface area (Å²) in [6.07, 6.45) is 1.97. The number of aliphatic hydroxyl groups excluding tert-OH is 1. The molecule has 15 heavy (non-hydrogen) atoms. The summed E-state index contributed by atoms with van der Waals surface area (Å²) in [4.78, 5) is 0. The molecular formula is C13H21NO. The van der Waals surface area contributed by atoms with Gasteiger partial charge in [-0.15, -0.1) is 0 Å². The zero-order valence-corrected chi connectivity index (χ0v) is 9.66. The molecule has 1 unspecified atom stereocenters. The Kier molecular flexibility index (Phi) is 4.79. The molecule has 0 saturated carbocycles. The molecule has 1 rings (SSSR count). The van der Waals surface area contributed by atoms with Crippen molar-refractivity contribution in [3.8, 4) is 0 Å². The van der Waals surface area contributed by atoms with Crippen molar-refractivity contribution in [2.45, 2.75) is 26.7 Å². The van der Waals surface area contributed by atoms with Crippen LogP contribution in [0.3, 0.4) is 0 Å². The second-order valence-electron chi connectivity index (χ2n) is 4.32. The van der Waals surface area contributed by atoms with Gasteiger partial charge < -0.3 is 10.8 Å². The van der Waals surface area contributed by atoms with Crippen LogP contribution in [-0.4, -0.2) is 18.3 Å². The third kappa shape index (κ3) is 4.02. The van der Waals surface area contributed by atoms with Gasteiger partial charge in [0.2, 0.25) is 0 Å². The molecule has 0 aliphatic carbocycles. The van der Waals surface area contributed by atoms with Crippen molar-refractivity contribution in [3.05, 3.63) is 34.9 Å². The number of aryl methyl sites for hydroxylation is 3. The van der Waals surface area contributed by atoms with Crippen molar-refractivity contribution < 1.29 is 5.11 Å². The second kappa shape index (κ2) is 5.89. The maximum atomic E-state index is 9.03. The van der Waals surface area contributed by atoms with E-state index in [4.69, 9.17) is 10.8 Å². The normalized spacial score (nSPS) is 12.8. The Balaban J connectivity index is 2.57. The number of benzene rings is 1. The molecule has 2 nitrogen and oxygen atoms in total. The maximum Gasteiger partial charge on any atom is 0.0471 e. The Hall–Kier alpha value is -0.860. The zero-order chi connectivity index (χ0) is 11.3. The molecule has 0 aliphatic heterocycles. The highest BCUT2D eigenvalue weighted by Gasteiger charge is 2.05. The predicted molar refractivity (Wildman–Crippen MR) is 63.9 cm³/mol. The summed E-state index contributed by atoms with van der Waals surface area (Å²) in [5.74, 6) is 0.241. The Bertz CT molecular complexity index is 285. The van der Waals surface area contributed by atoms with Crippen molar-refractivity contribution >= 4 is 0 Å². The molecule has 0 fully saturated rings. The summed E-state index contributed by atoms with van der Waals surface area (Å²) in [6.45, 7) is 4.99. The molecule has 3 N–H and O–H groups in total. The van der Waals surface area contributed by atoms with E-state index < -0.39 is 0 Å². The van der Waals surface area contributed by atoms with Gasteiger partial charge in [-0.25, -0.2) is 0 Å². The molecule has 1 aromatic carbocycles. The number of aliphatic hydroxyl groups is 1. The molecule has 0 spiro atoms. The molecule has 0 bridgehead atoms. The van der Waals surface area contributed by atoms with Crippen LogP contribution in [-0.2, 0) is 6.42 Å². The first-order valence-electron chi connectivity index (χ1n) is 5.53. The van der Waals surface area contributed by atoms with E-state index in [2.05, 4.69) is 32.0 Å². The van der Waals surface area contributed by atoms with Crippen LogP contribution >= 0.6 is 0 Å². The Morgan fingerprint density at radius 1 is 1.20 bits per heavy atom. The molecule has 0 heterocycles. The van der Waals surface area contributed by atoms with E-state index in [0.717, 1.165) is 12.8 Å². The molecule has 84 valence electrons. The average molecular weight is 207 g/mol. The molecule has 0 saturated heterocycles. The first kappa shape index (κ1) is 12.2. The first-order chi connectivity index (χ1) is 7.15. The lowest BCUT2D eigenvalue weighted by molar-refractivity contribution is 0.223. The van der Waals surface area contributed by atoms with Crippen LogP contribution in [0.2, 0.25) is 0 Å². The summed E-state index contributed by atoms with van der Waals surface area (Å²) >= 11 is 0. The van der Waals surface area contributed by atoms with E-state index in [9.17, 15) is 0 Å². The third-order valence-corrected chi connectivity index (χ3v) is 2.71. The van der Waals surface area contributed by atoms with Crippen molar-refractivity contribution in [2.24, 2.45) is 11.7 Å². The van der Waals surface area contributed by atoms with Crippen LogP contribution in [0, 0.1) is 19.8 Å². The van der Waals surface area contributed by atoms with Crippen LogP contribution in [0.25, 0.3) is 0 Å². The predicted octanol–water partition coefficient (Wildman–Crippen LogP) is 1.80. The Morgan fingerprint density at radius 3 is 2.27 bits per heavy atom. The standard InChI is InChI=1S/C13H21NO/c1-10-5-11(2)7-12(6-10)3-4-13(8-14)9-15/h5-7,13,15H,3-4,8-9,14H2,1-2H3. The fourth-order valence-electron chi connectivity index (χ4n) is 1.87. The van der Waals surface area contributed by atoms with Crippen LogP contribution < -0.4 is 5.73 Å². The zero-order valence-electron chi connectivity index (χ0n) is 9.66. The third-order valence-electron chi connectivity index (χ3n) is 2.71. The molecule has 0 amide bonds. The molecule has 1 atom stereocenters. The van der Waals surface area contributed by atoms with E-state index in [1.165, 1.54) is 16.7 Å². The summed E-state index contributed by atoms with van der Waals surface area (Å²) in [5, 5.41) is 9.03. The van der Waals surface area contributed by atoms with Gasteiger partial charge in [-0.1, -0.05) is 29.3 Å². The highest BCUT2D eigenvalue weighted by Crippen LogP contribution is 2.13. The van der Waals surface area contributed by atoms with Crippen LogP contribution in [0.1, 0.15) is 23.1 Å². The quantitative estimate of drug-likeness (QED) is 0.773. The lowest BCUT2D eigenvalue weighted by Gasteiger charge is -2.11. The lowest BCUT2D eigenvalue weighted by atomic mass is 9.98. The lowest BCUT2D eigenvalue weighted by Crippen LogP contribution is -2.18. The summed E-state index contributed by atoms with van der Waals surface area (Å²) in [6, 6.07) is 6.59. The van der Waals surface area contributed by atoms with E-state index in [1.807, 2.05) is 0 Å². The van der Waals surface area contributed by atoms with Crippen molar-refractivity contribution in [1.82, 2.24) is 0 Å². The number of hydrogen-bond acceptors (Lipinski definition) is 2. The molecule has 0 radical (unpaired) electrons. The number of hydrogen-bond donors (Lipinski definition) is 2. The minimum Gasteiger partial charge on any atom is -0.396 e. The summed E-state index contributed by atoms with van der Waals surface area (Å²) < 4.78 is 0. The van der Waals surface area contributed by atoms with E-state index in [1.54, 1.807) is 0 Å². The van der Waals surface area contributed by atoms with Crippen LogP contribution in [0.4, 0.5) is 0 Å². The van der Waals surface area contributed by atoms with Gasteiger partial charge in [0.15, 0.2) is 0 Å². The smallest absolute Gasteiger partial charge is 0.0471 e. The Labute approximate surface area is 92.1 Å². The number of rotatable bonds is 5. The molecule has 0 aliphatic rings. The Morgan fingerprint density at radius 2 is 1.80 bits per heavy atom. The molecule has 0 aromatic heterocycles. The molecular weight excluding hydrogens is 186 g/mol. The fourth-order valence-corrected chi connectivity index (χ4v) is 1.87. The molecule has 2 heteroatoms. The maximum absolute atomic E-state index is 9.03. The number of nitrogens with two attached hydrogens (primary N) is 1. The average Bonchev–Trinajstić information content (AvgIpc) is 2.18. The van der Waals surface area contributed by atoms with Gasteiger partial charge in [-0.3, -0.25) is 0 Å². The van der Waals surface area contributed by atoms with Gasteiger partial charge in [-0.2, -0.15) is 0 Å². The summed E-state index contributed by atoms with van der Waals surface area (Å²) in [7, 11) is 0. The van der Waals surface area contributed by atoms with Gasteiger partial charge in [0.1, 0.15) is 0 Å². The van der Waals surface area contributed by atoms with Crippen molar-refractivity contribution in [2.75, 3.05) is 13.2 Å². The topological polar surface area (TPSA) is 46.2 Å². The second-order valence-corrected chi connectivity index (χ2v) is 4.32. The van der Waals surface area contributed by atoms with Crippen LogP contribution in [0.5, 0.6) is 0 Å². The van der Waals surface area contributed by atoms with Crippen LogP contribution in [0.15, 0.2) is 18.2 Å². The first-order valence-corrected chi connectivity index (χ1v) is 5.53.